The van der Waals surface area contributed by atoms with Crippen molar-refractivity contribution in [3.05, 3.63) is 42.0 Å². The fourth-order valence-corrected chi connectivity index (χ4v) is 8.95. The van der Waals surface area contributed by atoms with Crippen molar-refractivity contribution in [1.29, 1.82) is 0 Å². The van der Waals surface area contributed by atoms with Crippen LogP contribution in [0.1, 0.15) is 52.7 Å². The first-order chi connectivity index (χ1) is 11.2. The van der Waals surface area contributed by atoms with Crippen LogP contribution in [0.2, 0.25) is 16.6 Å². The first-order valence-electron chi connectivity index (χ1n) is 8.81. The molecule has 1 aromatic rings. The summed E-state index contributed by atoms with van der Waals surface area (Å²) >= 11 is 0. The maximum Gasteiger partial charge on any atom is 0.396 e. The number of hydrogen-bond acceptors (Lipinski definition) is 2. The highest BCUT2D eigenvalue weighted by atomic mass is 28.4. The zero-order chi connectivity index (χ0) is 18.5. The Morgan fingerprint density at radius 3 is 2.08 bits per heavy atom. The Labute approximate surface area is 148 Å². The molecule has 0 saturated carbocycles. The van der Waals surface area contributed by atoms with Crippen molar-refractivity contribution >= 4 is 20.5 Å². The Balaban J connectivity index is 2.97. The zero-order valence-corrected chi connectivity index (χ0v) is 17.3. The predicted octanol–water partition coefficient (Wildman–Crippen LogP) is 6.07. The number of hydrogen-bond donors (Lipinski definition) is 0. The first-order valence-corrected chi connectivity index (χ1v) is 10.9. The van der Waals surface area contributed by atoms with Gasteiger partial charge in [-0.25, -0.2) is 4.79 Å². The maximum atomic E-state index is 12.8. The van der Waals surface area contributed by atoms with Crippen LogP contribution in [-0.4, -0.2) is 26.4 Å². The second kappa shape index (κ2) is 8.52. The second-order valence-electron chi connectivity index (χ2n) is 7.44. The lowest BCUT2D eigenvalue weighted by atomic mass is 10.1. The minimum Gasteiger partial charge on any atom is -0.503 e. The molecule has 0 aliphatic rings. The normalized spacial score (nSPS) is 11.9. The van der Waals surface area contributed by atoms with Crippen molar-refractivity contribution in [3.8, 4) is 0 Å². The van der Waals surface area contributed by atoms with Crippen LogP contribution in [0.15, 0.2) is 30.8 Å². The van der Waals surface area contributed by atoms with Gasteiger partial charge in [0.05, 0.1) is 0 Å². The van der Waals surface area contributed by atoms with E-state index in [-0.39, 0.29) is 6.09 Å². The van der Waals surface area contributed by atoms with E-state index in [0.717, 1.165) is 11.1 Å². The highest BCUT2D eigenvalue weighted by molar-refractivity contribution is 6.78. The van der Waals surface area contributed by atoms with E-state index in [0.29, 0.717) is 23.2 Å². The van der Waals surface area contributed by atoms with Crippen molar-refractivity contribution in [2.45, 2.75) is 64.7 Å². The molecule has 3 nitrogen and oxygen atoms in total. The third kappa shape index (κ3) is 4.29. The largest absolute Gasteiger partial charge is 0.503 e. The summed E-state index contributed by atoms with van der Waals surface area (Å²) in [5.41, 5.74) is 3.29. The Morgan fingerprint density at radius 2 is 1.62 bits per heavy atom. The molecule has 0 aliphatic carbocycles. The zero-order valence-electron chi connectivity index (χ0n) is 16.3. The Morgan fingerprint density at radius 1 is 1.12 bits per heavy atom. The van der Waals surface area contributed by atoms with Crippen LogP contribution in [-0.2, 0) is 11.0 Å². The number of rotatable bonds is 7. The van der Waals surface area contributed by atoms with Gasteiger partial charge in [0.2, 0.25) is 0 Å². The molecular weight excluding hydrogens is 314 g/mol. The average molecular weight is 348 g/mol. The molecule has 0 radical (unpaired) electrons. The molecule has 0 spiro atoms. The fraction of sp³-hybridized carbons (Fsp3) is 0.550. The van der Waals surface area contributed by atoms with E-state index in [4.69, 9.17) is 4.43 Å². The fourth-order valence-electron chi connectivity index (χ4n) is 3.78. The minimum atomic E-state index is -2.20. The maximum absolute atomic E-state index is 12.8. The van der Waals surface area contributed by atoms with Gasteiger partial charge in [-0.1, -0.05) is 78.5 Å². The van der Waals surface area contributed by atoms with E-state index < -0.39 is 8.32 Å². The van der Waals surface area contributed by atoms with Crippen LogP contribution in [0.5, 0.6) is 0 Å². The summed E-state index contributed by atoms with van der Waals surface area (Å²) in [6.07, 6.45) is 1.61. The molecule has 134 valence electrons. The van der Waals surface area contributed by atoms with E-state index in [1.54, 1.807) is 4.90 Å². The van der Waals surface area contributed by atoms with Gasteiger partial charge in [0.1, 0.15) is 0 Å². The first kappa shape index (κ1) is 20.5. The third-order valence-electron chi connectivity index (χ3n) is 4.97. The number of amides is 1. The summed E-state index contributed by atoms with van der Waals surface area (Å²) in [6.45, 7) is 17.5. The summed E-state index contributed by atoms with van der Waals surface area (Å²) in [5, 5.41) is 0. The van der Waals surface area contributed by atoms with Gasteiger partial charge < -0.3 is 9.33 Å². The van der Waals surface area contributed by atoms with E-state index >= 15 is 0 Å². The van der Waals surface area contributed by atoms with Crippen LogP contribution in [0.3, 0.4) is 0 Å². The highest BCUT2D eigenvalue weighted by Crippen LogP contribution is 2.42. The smallest absolute Gasteiger partial charge is 0.396 e. The Hall–Kier alpha value is -1.55. The minimum absolute atomic E-state index is 0.211. The van der Waals surface area contributed by atoms with E-state index in [2.05, 4.69) is 48.1 Å². The summed E-state index contributed by atoms with van der Waals surface area (Å²) in [4.78, 5) is 14.5. The molecule has 1 rings (SSSR count). The number of carbonyl (C=O) groups is 1. The summed E-state index contributed by atoms with van der Waals surface area (Å²) < 4.78 is 6.23. The van der Waals surface area contributed by atoms with Gasteiger partial charge in [0.15, 0.2) is 0 Å². The topological polar surface area (TPSA) is 29.5 Å². The second-order valence-corrected chi connectivity index (χ2v) is 12.8. The standard InChI is InChI=1S/C20H33NO2Si/c1-9-18-12-10-11-13-19(18)14-21(8)20(22)23-24(15(2)3,16(4)5)17(6)7/h9-13,15-17H,1,14H2,2-8H3. The molecule has 0 bridgehead atoms. The molecule has 0 saturated heterocycles. The average Bonchev–Trinajstić information content (AvgIpc) is 2.51. The SMILES string of the molecule is C=Cc1ccccc1CN(C)C(=O)O[Si](C(C)C)(C(C)C)C(C)C. The van der Waals surface area contributed by atoms with Crippen molar-refractivity contribution in [2.75, 3.05) is 7.05 Å². The van der Waals surface area contributed by atoms with Gasteiger partial charge in [0.25, 0.3) is 8.32 Å². The number of benzene rings is 1. The van der Waals surface area contributed by atoms with Gasteiger partial charge in [-0.15, -0.1) is 0 Å². The summed E-state index contributed by atoms with van der Waals surface area (Å²) in [6, 6.07) is 8.00. The number of carbonyl (C=O) groups excluding carboxylic acids is 1. The van der Waals surface area contributed by atoms with Crippen LogP contribution in [0.4, 0.5) is 4.79 Å². The third-order valence-corrected chi connectivity index (χ3v) is 10.9. The molecule has 0 unspecified atom stereocenters. The van der Waals surface area contributed by atoms with Crippen molar-refractivity contribution in [2.24, 2.45) is 0 Å². The van der Waals surface area contributed by atoms with E-state index in [1.807, 2.05) is 37.4 Å². The predicted molar refractivity (Wildman–Crippen MR) is 106 cm³/mol. The molecule has 0 fully saturated rings. The Bertz CT molecular complexity index is 545. The lowest BCUT2D eigenvalue weighted by Gasteiger charge is -2.42. The van der Waals surface area contributed by atoms with Gasteiger partial charge in [-0.2, -0.15) is 0 Å². The molecule has 0 aromatic heterocycles. The molecule has 0 aliphatic heterocycles. The van der Waals surface area contributed by atoms with Crippen LogP contribution in [0.25, 0.3) is 6.08 Å². The molecule has 0 heterocycles. The molecule has 0 atom stereocenters. The van der Waals surface area contributed by atoms with Crippen molar-refractivity contribution in [1.82, 2.24) is 4.90 Å². The summed E-state index contributed by atoms with van der Waals surface area (Å²) in [5.74, 6) is 0. The van der Waals surface area contributed by atoms with Gasteiger partial charge in [-0.3, -0.25) is 0 Å². The molecule has 1 amide bonds. The highest BCUT2D eigenvalue weighted by Gasteiger charge is 2.48. The molecule has 0 N–H and O–H groups in total. The number of nitrogens with zero attached hydrogens (tertiary/aromatic N) is 1. The monoisotopic (exact) mass is 347 g/mol. The lowest BCUT2D eigenvalue weighted by Crippen LogP contribution is -2.51. The molecule has 1 aromatic carbocycles. The van der Waals surface area contributed by atoms with Crippen LogP contribution in [0, 0.1) is 0 Å². The van der Waals surface area contributed by atoms with Gasteiger partial charge in [0, 0.05) is 13.6 Å². The van der Waals surface area contributed by atoms with Crippen molar-refractivity contribution in [3.63, 3.8) is 0 Å². The van der Waals surface area contributed by atoms with E-state index in [9.17, 15) is 4.79 Å². The molecular formula is C20H33NO2Si. The molecule has 4 heteroatoms. The van der Waals surface area contributed by atoms with E-state index in [1.165, 1.54) is 0 Å². The van der Waals surface area contributed by atoms with Crippen LogP contribution < -0.4 is 0 Å². The van der Waals surface area contributed by atoms with Gasteiger partial charge >= 0.3 is 6.09 Å². The van der Waals surface area contributed by atoms with Gasteiger partial charge in [-0.05, 0) is 27.8 Å². The lowest BCUT2D eigenvalue weighted by molar-refractivity contribution is 0.153. The summed E-state index contributed by atoms with van der Waals surface area (Å²) in [7, 11) is -0.396. The van der Waals surface area contributed by atoms with Crippen molar-refractivity contribution < 1.29 is 9.22 Å². The quantitative estimate of drug-likeness (QED) is 0.560. The van der Waals surface area contributed by atoms with Crippen LogP contribution >= 0.6 is 0 Å². The molecule has 24 heavy (non-hydrogen) atoms. The Kier molecular flexibility index (Phi) is 7.27.